The maximum atomic E-state index is 14.2. The first kappa shape index (κ1) is 23.1. The van der Waals surface area contributed by atoms with Gasteiger partial charge < -0.3 is 15.1 Å². The number of hydrogen-bond donors (Lipinski definition) is 1. The van der Waals surface area contributed by atoms with Gasteiger partial charge in [-0.25, -0.2) is 4.99 Å². The molecular formula is C29H26N4O3. The Balaban J connectivity index is 1.57. The molecule has 36 heavy (non-hydrogen) atoms. The minimum Gasteiger partial charge on any atom is -0.464 e. The molecule has 0 spiro atoms. The molecule has 4 aromatic rings. The molecule has 180 valence electrons. The van der Waals surface area contributed by atoms with Crippen molar-refractivity contribution in [3.63, 3.8) is 0 Å². The van der Waals surface area contributed by atoms with E-state index in [9.17, 15) is 9.59 Å². The van der Waals surface area contributed by atoms with E-state index in [-0.39, 0.29) is 24.3 Å². The zero-order chi connectivity index (χ0) is 25.3. The van der Waals surface area contributed by atoms with Crippen LogP contribution in [0.5, 0.6) is 0 Å². The van der Waals surface area contributed by atoms with Crippen LogP contribution in [-0.2, 0) is 16.9 Å². The Hall–Kier alpha value is -4.65. The molecule has 0 bridgehead atoms. The highest BCUT2D eigenvalue weighted by Crippen LogP contribution is 2.41. The van der Waals surface area contributed by atoms with Crippen molar-refractivity contribution < 1.29 is 14.0 Å². The predicted molar refractivity (Wildman–Crippen MR) is 138 cm³/mol. The van der Waals surface area contributed by atoms with Crippen LogP contribution in [0.4, 0.5) is 0 Å². The second kappa shape index (κ2) is 9.19. The van der Waals surface area contributed by atoms with Gasteiger partial charge in [-0.05, 0) is 47.0 Å². The maximum Gasteiger partial charge on any atom is 0.266 e. The lowest BCUT2D eigenvalue weighted by Crippen LogP contribution is -2.43. The van der Waals surface area contributed by atoms with Gasteiger partial charge in [0.05, 0.1) is 12.8 Å². The molecule has 2 heterocycles. The molecule has 1 aliphatic rings. The molecular weight excluding hydrogens is 452 g/mol. The van der Waals surface area contributed by atoms with Gasteiger partial charge in [0, 0.05) is 25.2 Å². The van der Waals surface area contributed by atoms with Gasteiger partial charge in [-0.3, -0.25) is 14.5 Å². The van der Waals surface area contributed by atoms with E-state index in [4.69, 9.17) is 15.1 Å². The van der Waals surface area contributed by atoms with Crippen LogP contribution in [0.2, 0.25) is 0 Å². The third kappa shape index (κ3) is 3.94. The van der Waals surface area contributed by atoms with Crippen molar-refractivity contribution in [2.45, 2.75) is 12.1 Å². The number of rotatable bonds is 6. The van der Waals surface area contributed by atoms with Crippen molar-refractivity contribution in [2.75, 3.05) is 14.1 Å². The van der Waals surface area contributed by atoms with Gasteiger partial charge in [0.15, 0.2) is 11.5 Å². The van der Waals surface area contributed by atoms with Gasteiger partial charge >= 0.3 is 0 Å². The average molecular weight is 479 g/mol. The van der Waals surface area contributed by atoms with Crippen molar-refractivity contribution in [1.82, 2.24) is 9.80 Å². The highest BCUT2D eigenvalue weighted by Gasteiger charge is 2.50. The van der Waals surface area contributed by atoms with Crippen molar-refractivity contribution in [1.29, 1.82) is 0 Å². The lowest BCUT2D eigenvalue weighted by molar-refractivity contribution is -0.130. The summed E-state index contributed by atoms with van der Waals surface area (Å²) in [5.41, 5.74) is 8.63. The molecule has 0 saturated carbocycles. The standard InChI is InChI=1S/C29H26N4O3/c1-32(2)26(34)22-11-6-9-20(17-22)19-33-27(35)29(31-28(33)30,23-12-4-3-5-13-23)24-14-7-10-21(18-24)25-15-8-16-36-25/h3-18H,19H2,1-2H3,(H2,30,31). The van der Waals surface area contributed by atoms with E-state index in [2.05, 4.69) is 0 Å². The van der Waals surface area contributed by atoms with Gasteiger partial charge in [-0.15, -0.1) is 0 Å². The largest absolute Gasteiger partial charge is 0.464 e. The number of nitrogens with zero attached hydrogens (tertiary/aromatic N) is 3. The molecule has 0 radical (unpaired) electrons. The second-order valence-electron chi connectivity index (χ2n) is 8.90. The molecule has 0 saturated heterocycles. The highest BCUT2D eigenvalue weighted by molar-refractivity contribution is 6.09. The van der Waals surface area contributed by atoms with Gasteiger partial charge in [-0.2, -0.15) is 0 Å². The van der Waals surface area contributed by atoms with Crippen molar-refractivity contribution in [2.24, 2.45) is 10.7 Å². The van der Waals surface area contributed by atoms with E-state index in [1.807, 2.05) is 72.8 Å². The molecule has 1 unspecified atom stereocenters. The lowest BCUT2D eigenvalue weighted by Gasteiger charge is -2.27. The van der Waals surface area contributed by atoms with E-state index in [0.717, 1.165) is 11.1 Å². The number of hydrogen-bond acceptors (Lipinski definition) is 5. The Bertz CT molecular complexity index is 1440. The zero-order valence-corrected chi connectivity index (χ0v) is 20.1. The number of furan rings is 1. The van der Waals surface area contributed by atoms with E-state index in [1.165, 1.54) is 9.80 Å². The van der Waals surface area contributed by atoms with E-state index in [0.29, 0.717) is 22.5 Å². The summed E-state index contributed by atoms with van der Waals surface area (Å²) in [6.07, 6.45) is 1.61. The van der Waals surface area contributed by atoms with Crippen LogP contribution < -0.4 is 5.73 Å². The fourth-order valence-electron chi connectivity index (χ4n) is 4.54. The van der Waals surface area contributed by atoms with Crippen LogP contribution in [0.3, 0.4) is 0 Å². The summed E-state index contributed by atoms with van der Waals surface area (Å²) in [6.45, 7) is 0.190. The lowest BCUT2D eigenvalue weighted by atomic mass is 9.82. The molecule has 3 aromatic carbocycles. The second-order valence-corrected chi connectivity index (χ2v) is 8.90. The van der Waals surface area contributed by atoms with Crippen LogP contribution in [-0.4, -0.2) is 41.7 Å². The van der Waals surface area contributed by atoms with Crippen LogP contribution >= 0.6 is 0 Å². The van der Waals surface area contributed by atoms with Gasteiger partial charge in [0.25, 0.3) is 11.8 Å². The molecule has 1 aromatic heterocycles. The summed E-state index contributed by atoms with van der Waals surface area (Å²) in [7, 11) is 3.41. The number of guanidine groups is 1. The monoisotopic (exact) mass is 478 g/mol. The third-order valence-electron chi connectivity index (χ3n) is 6.31. The summed E-state index contributed by atoms with van der Waals surface area (Å²) < 4.78 is 5.58. The molecule has 5 rings (SSSR count). The van der Waals surface area contributed by atoms with Crippen LogP contribution in [0.25, 0.3) is 11.3 Å². The number of amides is 2. The first-order valence-electron chi connectivity index (χ1n) is 11.6. The Morgan fingerprint density at radius 1 is 0.944 bits per heavy atom. The van der Waals surface area contributed by atoms with E-state index >= 15 is 0 Å². The quantitative estimate of drug-likeness (QED) is 0.449. The summed E-state index contributed by atoms with van der Waals surface area (Å²) in [5, 5.41) is 0. The number of carbonyl (C=O) groups excluding carboxylic acids is 2. The Morgan fingerprint density at radius 2 is 1.69 bits per heavy atom. The van der Waals surface area contributed by atoms with Gasteiger partial charge in [0.1, 0.15) is 5.76 Å². The van der Waals surface area contributed by atoms with Gasteiger partial charge in [0.2, 0.25) is 0 Å². The number of carbonyl (C=O) groups is 2. The summed E-state index contributed by atoms with van der Waals surface area (Å²) in [6, 6.07) is 27.9. The molecule has 0 fully saturated rings. The Morgan fingerprint density at radius 3 is 2.42 bits per heavy atom. The molecule has 7 heteroatoms. The first-order chi connectivity index (χ1) is 17.4. The fourth-order valence-corrected chi connectivity index (χ4v) is 4.54. The topological polar surface area (TPSA) is 92.1 Å². The van der Waals surface area contributed by atoms with Gasteiger partial charge in [-0.1, -0.05) is 60.7 Å². The highest BCUT2D eigenvalue weighted by atomic mass is 16.3. The molecule has 1 atom stereocenters. The third-order valence-corrected chi connectivity index (χ3v) is 6.31. The number of nitrogens with two attached hydrogens (primary N) is 1. The summed E-state index contributed by atoms with van der Waals surface area (Å²) >= 11 is 0. The smallest absolute Gasteiger partial charge is 0.266 e. The number of benzene rings is 3. The summed E-state index contributed by atoms with van der Waals surface area (Å²) in [4.78, 5) is 34.4. The normalized spacial score (nSPS) is 17.2. The Kier molecular flexibility index (Phi) is 5.90. The zero-order valence-electron chi connectivity index (χ0n) is 20.1. The van der Waals surface area contributed by atoms with Crippen molar-refractivity contribution >= 4 is 17.8 Å². The van der Waals surface area contributed by atoms with Crippen molar-refractivity contribution in [3.8, 4) is 11.3 Å². The minimum absolute atomic E-state index is 0.111. The Labute approximate surface area is 209 Å². The molecule has 7 nitrogen and oxygen atoms in total. The van der Waals surface area contributed by atoms with E-state index < -0.39 is 5.54 Å². The first-order valence-corrected chi connectivity index (χ1v) is 11.6. The SMILES string of the molecule is CN(C)C(=O)c1cccc(CN2C(=O)C(c3ccccc3)(c3cccc(-c4ccco4)c3)N=C2N)c1. The predicted octanol–water partition coefficient (Wildman–Crippen LogP) is 4.25. The van der Waals surface area contributed by atoms with Crippen LogP contribution in [0.15, 0.2) is 107 Å². The van der Waals surface area contributed by atoms with Crippen LogP contribution in [0, 0.1) is 0 Å². The van der Waals surface area contributed by atoms with E-state index in [1.54, 1.807) is 38.6 Å². The fraction of sp³-hybridized carbons (Fsp3) is 0.138. The number of aliphatic imine (C=N–C) groups is 1. The summed E-state index contributed by atoms with van der Waals surface area (Å²) in [5.74, 6) is 0.449. The average Bonchev–Trinajstić information content (AvgIpc) is 3.53. The van der Waals surface area contributed by atoms with Crippen LogP contribution in [0.1, 0.15) is 27.0 Å². The molecule has 2 N–H and O–H groups in total. The molecule has 0 aliphatic carbocycles. The molecule has 1 aliphatic heterocycles. The maximum absolute atomic E-state index is 14.2. The molecule has 2 amide bonds. The minimum atomic E-state index is -1.34. The van der Waals surface area contributed by atoms with Crippen molar-refractivity contribution in [3.05, 3.63) is 120 Å².